The minimum Gasteiger partial charge on any atom is -0.495 e. The fourth-order valence-corrected chi connectivity index (χ4v) is 3.24. The molecule has 0 aliphatic carbocycles. The van der Waals surface area contributed by atoms with Crippen LogP contribution in [0.3, 0.4) is 0 Å². The van der Waals surface area contributed by atoms with Crippen molar-refractivity contribution in [1.29, 1.82) is 0 Å². The molecule has 1 heterocycles. The third kappa shape index (κ3) is 5.28. The third-order valence-electron chi connectivity index (χ3n) is 4.36. The first kappa shape index (κ1) is 19.3. The van der Waals surface area contributed by atoms with E-state index in [9.17, 15) is 4.79 Å². The van der Waals surface area contributed by atoms with E-state index in [1.54, 1.807) is 25.3 Å². The molecule has 27 heavy (non-hydrogen) atoms. The van der Waals surface area contributed by atoms with Gasteiger partial charge in [0.2, 0.25) is 5.91 Å². The quantitative estimate of drug-likeness (QED) is 0.757. The molecule has 144 valence electrons. The molecule has 0 unspecified atom stereocenters. The number of nitrogens with zero attached hydrogens (tertiary/aromatic N) is 1. The summed E-state index contributed by atoms with van der Waals surface area (Å²) in [5, 5.41) is 6.69. The highest BCUT2D eigenvalue weighted by atomic mass is 35.5. The first-order chi connectivity index (χ1) is 13.2. The van der Waals surface area contributed by atoms with Gasteiger partial charge in [0.05, 0.1) is 36.7 Å². The molecular formula is C20H24ClN3O3. The number of para-hydroxylation sites is 2. The molecule has 0 aromatic heterocycles. The number of rotatable bonds is 7. The van der Waals surface area contributed by atoms with Crippen LogP contribution in [-0.2, 0) is 9.53 Å². The molecule has 0 radical (unpaired) electrons. The van der Waals surface area contributed by atoms with Crippen LogP contribution in [0.1, 0.15) is 6.42 Å². The van der Waals surface area contributed by atoms with Crippen LogP contribution in [0.25, 0.3) is 0 Å². The van der Waals surface area contributed by atoms with Gasteiger partial charge in [-0.2, -0.15) is 0 Å². The van der Waals surface area contributed by atoms with Crippen LogP contribution in [0, 0.1) is 0 Å². The van der Waals surface area contributed by atoms with Gasteiger partial charge < -0.3 is 25.0 Å². The highest BCUT2D eigenvalue weighted by molar-refractivity contribution is 6.32. The molecule has 2 N–H and O–H groups in total. The molecule has 0 atom stereocenters. The summed E-state index contributed by atoms with van der Waals surface area (Å²) in [5.74, 6) is 0.503. The molecule has 0 bridgehead atoms. The van der Waals surface area contributed by atoms with Gasteiger partial charge in [0.25, 0.3) is 0 Å². The molecule has 0 saturated carbocycles. The summed E-state index contributed by atoms with van der Waals surface area (Å²) in [7, 11) is 1.56. The predicted octanol–water partition coefficient (Wildman–Crippen LogP) is 3.63. The molecule has 0 spiro atoms. The predicted molar refractivity (Wildman–Crippen MR) is 109 cm³/mol. The zero-order valence-corrected chi connectivity index (χ0v) is 16.1. The van der Waals surface area contributed by atoms with Crippen molar-refractivity contribution in [1.82, 2.24) is 0 Å². The van der Waals surface area contributed by atoms with Gasteiger partial charge in [0.15, 0.2) is 0 Å². The van der Waals surface area contributed by atoms with Crippen LogP contribution in [0.4, 0.5) is 17.1 Å². The monoisotopic (exact) mass is 389 g/mol. The van der Waals surface area contributed by atoms with E-state index in [-0.39, 0.29) is 5.91 Å². The maximum Gasteiger partial charge on any atom is 0.226 e. The van der Waals surface area contributed by atoms with Crippen molar-refractivity contribution in [2.75, 3.05) is 55.5 Å². The SMILES string of the molecule is COc1ccc(NC(=O)CCNc2ccccc2N2CCOCC2)cc1Cl. The van der Waals surface area contributed by atoms with E-state index in [0.717, 1.165) is 37.7 Å². The Morgan fingerprint density at radius 2 is 2.00 bits per heavy atom. The third-order valence-corrected chi connectivity index (χ3v) is 4.65. The Balaban J connectivity index is 1.52. The van der Waals surface area contributed by atoms with Gasteiger partial charge >= 0.3 is 0 Å². The number of halogens is 1. The van der Waals surface area contributed by atoms with Gasteiger partial charge in [-0.25, -0.2) is 0 Å². The Morgan fingerprint density at radius 3 is 2.74 bits per heavy atom. The number of morpholine rings is 1. The maximum atomic E-state index is 12.2. The molecule has 7 heteroatoms. The number of carbonyl (C=O) groups is 1. The van der Waals surface area contributed by atoms with Gasteiger partial charge in [0, 0.05) is 31.7 Å². The molecule has 1 aliphatic rings. The van der Waals surface area contributed by atoms with E-state index in [0.29, 0.717) is 29.4 Å². The number of methoxy groups -OCH3 is 1. The highest BCUT2D eigenvalue weighted by Crippen LogP contribution is 2.28. The molecule has 1 aliphatic heterocycles. The molecule has 1 saturated heterocycles. The number of nitrogens with one attached hydrogen (secondary N) is 2. The zero-order valence-electron chi connectivity index (χ0n) is 15.3. The summed E-state index contributed by atoms with van der Waals surface area (Å²) in [6, 6.07) is 13.3. The minimum absolute atomic E-state index is 0.0763. The van der Waals surface area contributed by atoms with E-state index >= 15 is 0 Å². The van der Waals surface area contributed by atoms with Crippen molar-refractivity contribution in [3.63, 3.8) is 0 Å². The number of ether oxygens (including phenoxy) is 2. The summed E-state index contributed by atoms with van der Waals surface area (Å²) < 4.78 is 10.5. The number of anilines is 3. The summed E-state index contributed by atoms with van der Waals surface area (Å²) in [4.78, 5) is 14.5. The summed E-state index contributed by atoms with van der Waals surface area (Å²) in [6.45, 7) is 3.76. The first-order valence-corrected chi connectivity index (χ1v) is 9.34. The standard InChI is InChI=1S/C20H24ClN3O3/c1-26-19-7-6-15(14-16(19)21)23-20(25)8-9-22-17-4-2-3-5-18(17)24-10-12-27-13-11-24/h2-7,14,22H,8-13H2,1H3,(H,23,25). The lowest BCUT2D eigenvalue weighted by molar-refractivity contribution is -0.115. The highest BCUT2D eigenvalue weighted by Gasteiger charge is 2.14. The lowest BCUT2D eigenvalue weighted by atomic mass is 10.2. The lowest BCUT2D eigenvalue weighted by Crippen LogP contribution is -2.36. The van der Waals surface area contributed by atoms with Crippen molar-refractivity contribution < 1.29 is 14.3 Å². The van der Waals surface area contributed by atoms with Crippen molar-refractivity contribution in [2.45, 2.75) is 6.42 Å². The molecule has 2 aromatic carbocycles. The Kier molecular flexibility index (Phi) is 6.79. The normalized spacial score (nSPS) is 13.9. The van der Waals surface area contributed by atoms with Crippen molar-refractivity contribution in [3.05, 3.63) is 47.5 Å². The average molecular weight is 390 g/mol. The second kappa shape index (κ2) is 9.48. The lowest BCUT2D eigenvalue weighted by Gasteiger charge is -2.30. The maximum absolute atomic E-state index is 12.2. The summed E-state index contributed by atoms with van der Waals surface area (Å²) >= 11 is 6.09. The number of carbonyl (C=O) groups excluding carboxylic acids is 1. The molecular weight excluding hydrogens is 366 g/mol. The van der Waals surface area contributed by atoms with Crippen LogP contribution in [0.15, 0.2) is 42.5 Å². The topological polar surface area (TPSA) is 62.8 Å². The molecule has 1 fully saturated rings. The average Bonchev–Trinajstić information content (AvgIpc) is 2.69. The van der Waals surface area contributed by atoms with Crippen molar-refractivity contribution in [2.24, 2.45) is 0 Å². The Labute approximate surface area is 164 Å². The van der Waals surface area contributed by atoms with Gasteiger partial charge in [0.1, 0.15) is 5.75 Å². The van der Waals surface area contributed by atoms with Crippen molar-refractivity contribution >= 4 is 34.6 Å². The van der Waals surface area contributed by atoms with Gasteiger partial charge in [-0.1, -0.05) is 23.7 Å². The second-order valence-corrected chi connectivity index (χ2v) is 6.60. The molecule has 6 nitrogen and oxygen atoms in total. The van der Waals surface area contributed by atoms with Crippen LogP contribution >= 0.6 is 11.6 Å². The van der Waals surface area contributed by atoms with E-state index in [1.807, 2.05) is 18.2 Å². The minimum atomic E-state index is -0.0763. The number of hydrogen-bond donors (Lipinski definition) is 2. The van der Waals surface area contributed by atoms with Crippen molar-refractivity contribution in [3.8, 4) is 5.75 Å². The molecule has 3 rings (SSSR count). The summed E-state index contributed by atoms with van der Waals surface area (Å²) in [6.07, 6.45) is 0.348. The first-order valence-electron chi connectivity index (χ1n) is 8.96. The number of benzene rings is 2. The number of amides is 1. The van der Waals surface area contributed by atoms with Crippen LogP contribution < -0.4 is 20.3 Å². The molecule has 1 amide bonds. The summed E-state index contributed by atoms with van der Waals surface area (Å²) in [5.41, 5.74) is 2.82. The fourth-order valence-electron chi connectivity index (χ4n) is 2.98. The Hall–Kier alpha value is -2.44. The van der Waals surface area contributed by atoms with Gasteiger partial charge in [-0.15, -0.1) is 0 Å². The van der Waals surface area contributed by atoms with E-state index < -0.39 is 0 Å². The van der Waals surface area contributed by atoms with Gasteiger partial charge in [-0.05, 0) is 30.3 Å². The van der Waals surface area contributed by atoms with Crippen LogP contribution in [-0.4, -0.2) is 45.9 Å². The number of hydrogen-bond acceptors (Lipinski definition) is 5. The smallest absolute Gasteiger partial charge is 0.226 e. The Morgan fingerprint density at radius 1 is 1.22 bits per heavy atom. The van der Waals surface area contributed by atoms with Gasteiger partial charge in [-0.3, -0.25) is 4.79 Å². The van der Waals surface area contributed by atoms with E-state index in [1.165, 1.54) is 0 Å². The second-order valence-electron chi connectivity index (χ2n) is 6.19. The van der Waals surface area contributed by atoms with E-state index in [2.05, 4.69) is 21.6 Å². The Bertz CT molecular complexity index is 779. The van der Waals surface area contributed by atoms with E-state index in [4.69, 9.17) is 21.1 Å². The van der Waals surface area contributed by atoms with Crippen LogP contribution in [0.2, 0.25) is 5.02 Å². The largest absolute Gasteiger partial charge is 0.495 e. The fraction of sp³-hybridized carbons (Fsp3) is 0.350. The zero-order chi connectivity index (χ0) is 19.1. The van der Waals surface area contributed by atoms with Crippen LogP contribution in [0.5, 0.6) is 5.75 Å². The molecule has 2 aromatic rings.